The van der Waals surface area contributed by atoms with Crippen LogP contribution in [0, 0.1) is 5.82 Å². The Kier molecular flexibility index (Phi) is 4.86. The molecule has 5 rings (SSSR count). The van der Waals surface area contributed by atoms with E-state index in [1.54, 1.807) is 23.0 Å². The Labute approximate surface area is 179 Å². The van der Waals surface area contributed by atoms with Gasteiger partial charge in [0.05, 0.1) is 5.69 Å². The molecular formula is C24H22FN5O. The summed E-state index contributed by atoms with van der Waals surface area (Å²) in [6.07, 6.45) is 7.36. The van der Waals surface area contributed by atoms with E-state index in [0.29, 0.717) is 11.4 Å². The topological polar surface area (TPSA) is 64.7 Å². The van der Waals surface area contributed by atoms with Crippen LogP contribution in [0.3, 0.4) is 0 Å². The van der Waals surface area contributed by atoms with Crippen LogP contribution in [0.2, 0.25) is 0 Å². The first-order valence-electron chi connectivity index (χ1n) is 10.4. The monoisotopic (exact) mass is 415 g/mol. The summed E-state index contributed by atoms with van der Waals surface area (Å²) in [7, 11) is 1.93. The van der Waals surface area contributed by atoms with Crippen molar-refractivity contribution in [2.45, 2.75) is 25.7 Å². The minimum Gasteiger partial charge on any atom is -0.334 e. The largest absolute Gasteiger partial charge is 0.334 e. The molecule has 1 N–H and O–H groups in total. The Bertz CT molecular complexity index is 1260. The molecule has 0 radical (unpaired) electrons. The third-order valence-corrected chi connectivity index (χ3v) is 5.67. The van der Waals surface area contributed by atoms with Gasteiger partial charge in [-0.25, -0.2) is 14.1 Å². The molecule has 1 aliphatic rings. The van der Waals surface area contributed by atoms with Crippen LogP contribution in [0.15, 0.2) is 60.9 Å². The second-order valence-corrected chi connectivity index (χ2v) is 7.77. The predicted molar refractivity (Wildman–Crippen MR) is 117 cm³/mol. The molecule has 0 unspecified atom stereocenters. The van der Waals surface area contributed by atoms with Crippen molar-refractivity contribution >= 4 is 11.6 Å². The number of imidazole rings is 1. The Morgan fingerprint density at radius 3 is 2.68 bits per heavy atom. The minimum absolute atomic E-state index is 0.240. The van der Waals surface area contributed by atoms with E-state index in [0.717, 1.165) is 54.0 Å². The number of fused-ring (bicyclic) bond motifs is 1. The number of carbonyl (C=O) groups excluding carboxylic acids is 1. The van der Waals surface area contributed by atoms with Gasteiger partial charge in [0.2, 0.25) is 0 Å². The van der Waals surface area contributed by atoms with Gasteiger partial charge in [0.25, 0.3) is 5.91 Å². The summed E-state index contributed by atoms with van der Waals surface area (Å²) in [6, 6.07) is 13.8. The number of amides is 1. The van der Waals surface area contributed by atoms with E-state index in [1.165, 1.54) is 12.1 Å². The number of anilines is 1. The van der Waals surface area contributed by atoms with E-state index in [1.807, 2.05) is 42.1 Å². The molecule has 0 atom stereocenters. The van der Waals surface area contributed by atoms with E-state index in [-0.39, 0.29) is 11.7 Å². The lowest BCUT2D eigenvalue weighted by Crippen LogP contribution is -2.15. The zero-order chi connectivity index (χ0) is 21.4. The highest BCUT2D eigenvalue weighted by Crippen LogP contribution is 2.28. The first-order chi connectivity index (χ1) is 15.1. The predicted octanol–water partition coefficient (Wildman–Crippen LogP) is 4.54. The van der Waals surface area contributed by atoms with Crippen LogP contribution in [0.5, 0.6) is 0 Å². The number of hydrogen-bond acceptors (Lipinski definition) is 3. The molecule has 0 spiro atoms. The molecule has 7 heteroatoms. The molecule has 2 aromatic carbocycles. The smallest absolute Gasteiger partial charge is 0.276 e. The van der Waals surface area contributed by atoms with Gasteiger partial charge in [-0.3, -0.25) is 4.79 Å². The van der Waals surface area contributed by atoms with Crippen LogP contribution in [0.4, 0.5) is 10.1 Å². The molecular weight excluding hydrogens is 393 g/mol. The number of rotatable bonds is 4. The lowest BCUT2D eigenvalue weighted by Gasteiger charge is -2.14. The fourth-order valence-electron chi connectivity index (χ4n) is 4.15. The molecule has 4 aromatic rings. The van der Waals surface area contributed by atoms with E-state index in [4.69, 9.17) is 0 Å². The fraction of sp³-hybridized carbons (Fsp3) is 0.208. The van der Waals surface area contributed by atoms with E-state index in [9.17, 15) is 9.18 Å². The fourth-order valence-corrected chi connectivity index (χ4v) is 4.15. The van der Waals surface area contributed by atoms with Crippen LogP contribution < -0.4 is 5.32 Å². The van der Waals surface area contributed by atoms with Crippen molar-refractivity contribution in [1.29, 1.82) is 0 Å². The lowest BCUT2D eigenvalue weighted by atomic mass is 9.95. The minimum atomic E-state index is -0.296. The lowest BCUT2D eigenvalue weighted by molar-refractivity contribution is 0.102. The Morgan fingerprint density at radius 1 is 1.10 bits per heavy atom. The zero-order valence-corrected chi connectivity index (χ0v) is 17.2. The molecule has 0 fully saturated rings. The van der Waals surface area contributed by atoms with Gasteiger partial charge in [0, 0.05) is 41.9 Å². The highest BCUT2D eigenvalue weighted by atomic mass is 19.1. The molecule has 2 aromatic heterocycles. The van der Waals surface area contributed by atoms with Crippen molar-refractivity contribution in [3.05, 3.63) is 83.7 Å². The molecule has 0 saturated carbocycles. The molecule has 0 saturated heterocycles. The van der Waals surface area contributed by atoms with Gasteiger partial charge < -0.3 is 9.88 Å². The summed E-state index contributed by atoms with van der Waals surface area (Å²) >= 11 is 0. The maximum absolute atomic E-state index is 13.4. The van der Waals surface area contributed by atoms with Gasteiger partial charge >= 0.3 is 0 Å². The van der Waals surface area contributed by atoms with Gasteiger partial charge in [-0.1, -0.05) is 12.1 Å². The Hall–Kier alpha value is -3.74. The van der Waals surface area contributed by atoms with Crippen molar-refractivity contribution in [2.75, 3.05) is 5.32 Å². The van der Waals surface area contributed by atoms with Gasteiger partial charge in [0.15, 0.2) is 5.69 Å². The van der Waals surface area contributed by atoms with E-state index < -0.39 is 0 Å². The summed E-state index contributed by atoms with van der Waals surface area (Å²) in [6.45, 7) is 0. The summed E-state index contributed by atoms with van der Waals surface area (Å²) < 4.78 is 17.1. The first kappa shape index (κ1) is 19.2. The SMILES string of the molecule is Cn1ccnc1-c1cccc(NC(=O)c2nn(-c3ccc(F)cc3)c3c2CCCC3)c1. The number of aromatic nitrogens is 4. The molecule has 1 amide bonds. The molecule has 0 aliphatic heterocycles. The summed E-state index contributed by atoms with van der Waals surface area (Å²) in [5.41, 5.74) is 4.81. The third kappa shape index (κ3) is 3.63. The standard InChI is InChI=1S/C24H22FN5O/c1-29-14-13-26-23(29)16-5-4-6-18(15-16)27-24(31)22-20-7-2-3-8-21(20)30(28-22)19-11-9-17(25)10-12-19/h4-6,9-15H,2-3,7-8H2,1H3,(H,27,31). The van der Waals surface area contributed by atoms with Gasteiger partial charge in [-0.15, -0.1) is 0 Å². The van der Waals surface area contributed by atoms with Crippen molar-refractivity contribution in [3.8, 4) is 17.1 Å². The van der Waals surface area contributed by atoms with Crippen molar-refractivity contribution < 1.29 is 9.18 Å². The summed E-state index contributed by atoms with van der Waals surface area (Å²) in [4.78, 5) is 17.6. The summed E-state index contributed by atoms with van der Waals surface area (Å²) in [5, 5.41) is 7.63. The molecule has 156 valence electrons. The van der Waals surface area contributed by atoms with Crippen LogP contribution >= 0.6 is 0 Å². The number of nitrogens with one attached hydrogen (secondary N) is 1. The summed E-state index contributed by atoms with van der Waals surface area (Å²) in [5.74, 6) is 0.292. The number of hydrogen-bond donors (Lipinski definition) is 1. The number of benzene rings is 2. The van der Waals surface area contributed by atoms with Crippen molar-refractivity contribution in [1.82, 2.24) is 19.3 Å². The highest BCUT2D eigenvalue weighted by molar-refractivity contribution is 6.04. The number of halogens is 1. The maximum Gasteiger partial charge on any atom is 0.276 e. The van der Waals surface area contributed by atoms with Crippen molar-refractivity contribution in [3.63, 3.8) is 0 Å². The molecule has 31 heavy (non-hydrogen) atoms. The maximum atomic E-state index is 13.4. The Balaban J connectivity index is 1.47. The molecule has 1 aliphatic carbocycles. The third-order valence-electron chi connectivity index (χ3n) is 5.67. The zero-order valence-electron chi connectivity index (χ0n) is 17.2. The van der Waals surface area contributed by atoms with Crippen LogP contribution in [0.1, 0.15) is 34.6 Å². The van der Waals surface area contributed by atoms with Gasteiger partial charge in [-0.2, -0.15) is 5.10 Å². The van der Waals surface area contributed by atoms with Crippen LogP contribution in [-0.2, 0) is 19.9 Å². The van der Waals surface area contributed by atoms with E-state index >= 15 is 0 Å². The van der Waals surface area contributed by atoms with Crippen LogP contribution in [0.25, 0.3) is 17.1 Å². The average molecular weight is 415 g/mol. The Morgan fingerprint density at radius 2 is 1.90 bits per heavy atom. The quantitative estimate of drug-likeness (QED) is 0.532. The second-order valence-electron chi connectivity index (χ2n) is 7.77. The molecule has 6 nitrogen and oxygen atoms in total. The van der Waals surface area contributed by atoms with E-state index in [2.05, 4.69) is 15.4 Å². The second kappa shape index (κ2) is 7.83. The number of nitrogens with zero attached hydrogens (tertiary/aromatic N) is 4. The number of carbonyl (C=O) groups is 1. The van der Waals surface area contributed by atoms with Gasteiger partial charge in [-0.05, 0) is 62.1 Å². The molecule has 0 bridgehead atoms. The normalized spacial score (nSPS) is 13.1. The average Bonchev–Trinajstić information content (AvgIpc) is 3.38. The first-order valence-corrected chi connectivity index (χ1v) is 10.4. The molecule has 2 heterocycles. The van der Waals surface area contributed by atoms with Crippen LogP contribution in [-0.4, -0.2) is 25.2 Å². The highest BCUT2D eigenvalue weighted by Gasteiger charge is 2.25. The van der Waals surface area contributed by atoms with Crippen molar-refractivity contribution in [2.24, 2.45) is 7.05 Å². The van der Waals surface area contributed by atoms with Gasteiger partial charge in [0.1, 0.15) is 11.6 Å². The number of aryl methyl sites for hydroxylation is 1.